The molecule has 0 radical (unpaired) electrons. The molecule has 0 atom stereocenters. The van der Waals surface area contributed by atoms with Crippen molar-refractivity contribution in [1.82, 2.24) is 4.90 Å². The Labute approximate surface area is 140 Å². The summed E-state index contributed by atoms with van der Waals surface area (Å²) in [5.41, 5.74) is 0.385. The minimum Gasteiger partial charge on any atom is -0.493 e. The second-order valence-corrected chi connectivity index (χ2v) is 5.52. The van der Waals surface area contributed by atoms with Crippen LogP contribution in [0.4, 0.5) is 0 Å². The van der Waals surface area contributed by atoms with Crippen molar-refractivity contribution in [3.63, 3.8) is 0 Å². The Bertz CT molecular complexity index is 607. The maximum atomic E-state index is 12.2. The number of nitrogens with zero attached hydrogens (tertiary/aromatic N) is 1. The fourth-order valence-electron chi connectivity index (χ4n) is 2.59. The number of benzene rings is 1. The summed E-state index contributed by atoms with van der Waals surface area (Å²) in [6, 6.07) is 4.78. The van der Waals surface area contributed by atoms with Crippen LogP contribution in [-0.2, 0) is 14.3 Å². The van der Waals surface area contributed by atoms with Gasteiger partial charge in [-0.3, -0.25) is 14.4 Å². The summed E-state index contributed by atoms with van der Waals surface area (Å²) in [7, 11) is 2.99. The van der Waals surface area contributed by atoms with Gasteiger partial charge < -0.3 is 19.1 Å². The highest BCUT2D eigenvalue weighted by molar-refractivity contribution is 5.98. The van der Waals surface area contributed by atoms with Gasteiger partial charge in [0, 0.05) is 18.7 Å². The predicted octanol–water partition coefficient (Wildman–Crippen LogP) is 1.30. The summed E-state index contributed by atoms with van der Waals surface area (Å²) in [6.07, 6.45) is 1.90. The van der Waals surface area contributed by atoms with Crippen LogP contribution in [0.5, 0.6) is 11.5 Å². The molecule has 0 aromatic heterocycles. The van der Waals surface area contributed by atoms with Gasteiger partial charge in [-0.2, -0.15) is 0 Å². The lowest BCUT2D eigenvalue weighted by atomic mass is 9.97. The number of carbonyl (C=O) groups is 3. The lowest BCUT2D eigenvalue weighted by molar-refractivity contribution is -0.149. The molecule has 1 saturated heterocycles. The number of amides is 1. The molecule has 2 rings (SSSR count). The van der Waals surface area contributed by atoms with E-state index in [0.717, 1.165) is 6.41 Å². The van der Waals surface area contributed by atoms with Crippen molar-refractivity contribution >= 4 is 18.2 Å². The van der Waals surface area contributed by atoms with Crippen LogP contribution < -0.4 is 9.47 Å². The highest BCUT2D eigenvalue weighted by Crippen LogP contribution is 2.27. The second kappa shape index (κ2) is 8.33. The van der Waals surface area contributed by atoms with E-state index >= 15 is 0 Å². The minimum atomic E-state index is -0.394. The Kier molecular flexibility index (Phi) is 6.17. The lowest BCUT2D eigenvalue weighted by Crippen LogP contribution is -2.36. The average molecular weight is 335 g/mol. The van der Waals surface area contributed by atoms with E-state index in [9.17, 15) is 14.4 Å². The molecule has 1 fully saturated rings. The third kappa shape index (κ3) is 4.24. The van der Waals surface area contributed by atoms with Gasteiger partial charge in [-0.1, -0.05) is 0 Å². The monoisotopic (exact) mass is 335 g/mol. The number of likely N-dealkylation sites (tertiary alicyclic amines) is 1. The Balaban J connectivity index is 1.89. The van der Waals surface area contributed by atoms with E-state index in [1.165, 1.54) is 14.2 Å². The molecule has 0 bridgehead atoms. The van der Waals surface area contributed by atoms with Crippen LogP contribution in [0, 0.1) is 5.92 Å². The molecule has 1 heterocycles. The first kappa shape index (κ1) is 17.8. The number of methoxy groups -OCH3 is 2. The van der Waals surface area contributed by atoms with E-state index < -0.39 is 5.97 Å². The Morgan fingerprint density at radius 1 is 1.17 bits per heavy atom. The van der Waals surface area contributed by atoms with E-state index in [2.05, 4.69) is 0 Å². The van der Waals surface area contributed by atoms with Crippen LogP contribution in [0.25, 0.3) is 0 Å². The number of hydrogen-bond donors (Lipinski definition) is 0. The first-order valence-electron chi connectivity index (χ1n) is 7.70. The Morgan fingerprint density at radius 3 is 2.42 bits per heavy atom. The molecule has 130 valence electrons. The second-order valence-electron chi connectivity index (χ2n) is 5.52. The number of ketones is 1. The van der Waals surface area contributed by atoms with Gasteiger partial charge in [0.25, 0.3) is 0 Å². The van der Waals surface area contributed by atoms with Gasteiger partial charge in [-0.25, -0.2) is 0 Å². The maximum Gasteiger partial charge on any atom is 0.309 e. The van der Waals surface area contributed by atoms with Gasteiger partial charge in [-0.05, 0) is 31.0 Å². The molecular weight excluding hydrogens is 314 g/mol. The molecule has 0 unspecified atom stereocenters. The first-order chi connectivity index (χ1) is 11.6. The SMILES string of the molecule is COc1ccc(C(=O)COC(=O)C2CCN(C=O)CC2)cc1OC. The number of ether oxygens (including phenoxy) is 3. The predicted molar refractivity (Wildman–Crippen MR) is 85.2 cm³/mol. The van der Waals surface area contributed by atoms with Gasteiger partial charge in [0.1, 0.15) is 0 Å². The molecule has 0 spiro atoms. The number of rotatable bonds is 7. The van der Waals surface area contributed by atoms with Crippen molar-refractivity contribution in [1.29, 1.82) is 0 Å². The third-order valence-corrected chi connectivity index (χ3v) is 4.06. The van der Waals surface area contributed by atoms with Crippen molar-refractivity contribution < 1.29 is 28.6 Å². The molecule has 1 amide bonds. The van der Waals surface area contributed by atoms with Crippen molar-refractivity contribution in [2.75, 3.05) is 33.9 Å². The standard InChI is InChI=1S/C17H21NO6/c1-22-15-4-3-13(9-16(15)23-2)14(20)10-24-17(21)12-5-7-18(11-19)8-6-12/h3-4,9,11-12H,5-8,10H2,1-2H3. The molecule has 7 heteroatoms. The molecule has 0 N–H and O–H groups in total. The zero-order chi connectivity index (χ0) is 17.5. The summed E-state index contributed by atoms with van der Waals surface area (Å²) in [5.74, 6) is -0.00713. The van der Waals surface area contributed by atoms with E-state index in [-0.39, 0.29) is 18.3 Å². The highest BCUT2D eigenvalue weighted by atomic mass is 16.5. The van der Waals surface area contributed by atoms with Crippen molar-refractivity contribution in [2.45, 2.75) is 12.8 Å². The van der Waals surface area contributed by atoms with Crippen LogP contribution in [0.2, 0.25) is 0 Å². The molecule has 0 aliphatic carbocycles. The topological polar surface area (TPSA) is 82.1 Å². The molecule has 24 heavy (non-hydrogen) atoms. The summed E-state index contributed by atoms with van der Waals surface area (Å²) in [6.45, 7) is 0.752. The smallest absolute Gasteiger partial charge is 0.309 e. The largest absolute Gasteiger partial charge is 0.493 e. The van der Waals surface area contributed by atoms with Crippen LogP contribution in [0.3, 0.4) is 0 Å². The van der Waals surface area contributed by atoms with Gasteiger partial charge in [0.05, 0.1) is 20.1 Å². The fraction of sp³-hybridized carbons (Fsp3) is 0.471. The Hall–Kier alpha value is -2.57. The first-order valence-corrected chi connectivity index (χ1v) is 7.70. The van der Waals surface area contributed by atoms with Crippen molar-refractivity contribution in [2.24, 2.45) is 5.92 Å². The van der Waals surface area contributed by atoms with Crippen LogP contribution in [0.15, 0.2) is 18.2 Å². The number of Topliss-reactive ketones (excluding diaryl/α,β-unsaturated/α-hetero) is 1. The Morgan fingerprint density at radius 2 is 1.83 bits per heavy atom. The van der Waals surface area contributed by atoms with Gasteiger partial charge in [-0.15, -0.1) is 0 Å². The summed E-state index contributed by atoms with van der Waals surface area (Å²) < 4.78 is 15.4. The van der Waals surface area contributed by atoms with Crippen LogP contribution >= 0.6 is 0 Å². The molecule has 1 aliphatic rings. The molecule has 0 saturated carbocycles. The molecule has 1 aromatic carbocycles. The number of hydrogen-bond acceptors (Lipinski definition) is 6. The van der Waals surface area contributed by atoms with E-state index in [4.69, 9.17) is 14.2 Å². The zero-order valence-corrected chi connectivity index (χ0v) is 13.8. The maximum absolute atomic E-state index is 12.2. The van der Waals surface area contributed by atoms with E-state index in [0.29, 0.717) is 43.0 Å². The molecule has 1 aliphatic heterocycles. The number of piperidine rings is 1. The van der Waals surface area contributed by atoms with Gasteiger partial charge in [0.15, 0.2) is 23.9 Å². The zero-order valence-electron chi connectivity index (χ0n) is 13.8. The molecule has 1 aromatic rings. The van der Waals surface area contributed by atoms with Crippen LogP contribution in [0.1, 0.15) is 23.2 Å². The molecule has 7 nitrogen and oxygen atoms in total. The van der Waals surface area contributed by atoms with Crippen molar-refractivity contribution in [3.05, 3.63) is 23.8 Å². The number of esters is 1. The minimum absolute atomic E-state index is 0.264. The molecular formula is C17H21NO6. The quantitative estimate of drug-likeness (QED) is 0.424. The van der Waals surface area contributed by atoms with E-state index in [1.807, 2.05) is 0 Å². The third-order valence-electron chi connectivity index (χ3n) is 4.06. The summed E-state index contributed by atoms with van der Waals surface area (Å²) in [4.78, 5) is 36.5. The number of carbonyl (C=O) groups excluding carboxylic acids is 3. The van der Waals surface area contributed by atoms with E-state index in [1.54, 1.807) is 23.1 Å². The summed E-state index contributed by atoms with van der Waals surface area (Å²) in [5, 5.41) is 0. The van der Waals surface area contributed by atoms with Crippen LogP contribution in [-0.4, -0.2) is 57.0 Å². The van der Waals surface area contributed by atoms with Gasteiger partial charge >= 0.3 is 5.97 Å². The van der Waals surface area contributed by atoms with Gasteiger partial charge in [0.2, 0.25) is 6.41 Å². The lowest BCUT2D eigenvalue weighted by Gasteiger charge is -2.27. The van der Waals surface area contributed by atoms with Crippen molar-refractivity contribution in [3.8, 4) is 11.5 Å². The normalized spacial score (nSPS) is 14.8. The summed E-state index contributed by atoms with van der Waals surface area (Å²) >= 11 is 0. The average Bonchev–Trinajstić information content (AvgIpc) is 2.65. The fourth-order valence-corrected chi connectivity index (χ4v) is 2.59. The highest BCUT2D eigenvalue weighted by Gasteiger charge is 2.26.